The summed E-state index contributed by atoms with van der Waals surface area (Å²) in [7, 11) is 0. The van der Waals surface area contributed by atoms with Crippen molar-refractivity contribution >= 4 is 49.9 Å². The smallest absolute Gasteiger partial charge is 0.227 e. The molecule has 2 nitrogen and oxygen atoms in total. The molecule has 0 unspecified atom stereocenters. The minimum absolute atomic E-state index is 0.329. The molecule has 0 saturated carbocycles. The van der Waals surface area contributed by atoms with E-state index in [4.69, 9.17) is 27.9 Å². The number of nitrogens with zero attached hydrogens (tertiary/aromatic N) is 1. The van der Waals surface area contributed by atoms with Crippen LogP contribution >= 0.6 is 39.1 Å². The van der Waals surface area contributed by atoms with Crippen LogP contribution < -0.4 is 4.74 Å². The lowest BCUT2D eigenvalue weighted by Crippen LogP contribution is -1.94. The number of pyridine rings is 1. The van der Waals surface area contributed by atoms with E-state index < -0.39 is 0 Å². The Kier molecular flexibility index (Phi) is 4.34. The van der Waals surface area contributed by atoms with Crippen LogP contribution in [0.1, 0.15) is 5.69 Å². The average Bonchev–Trinajstić information content (AvgIpc) is 2.49. The molecular weight excluding hydrogens is 373 g/mol. The Labute approximate surface area is 140 Å². The zero-order chi connectivity index (χ0) is 14.8. The highest BCUT2D eigenvalue weighted by Gasteiger charge is 2.10. The van der Waals surface area contributed by atoms with Gasteiger partial charge in [-0.1, -0.05) is 45.7 Å². The van der Waals surface area contributed by atoms with E-state index in [-0.39, 0.29) is 0 Å². The Morgan fingerprint density at radius 2 is 1.90 bits per heavy atom. The number of alkyl halides is 1. The molecule has 21 heavy (non-hydrogen) atoms. The third-order valence-electron chi connectivity index (χ3n) is 3.00. The van der Waals surface area contributed by atoms with Crippen LogP contribution in [0, 0.1) is 0 Å². The summed E-state index contributed by atoms with van der Waals surface area (Å²) in [6.45, 7) is 0. The van der Waals surface area contributed by atoms with Crippen LogP contribution in [0.3, 0.4) is 0 Å². The Morgan fingerprint density at radius 1 is 1.10 bits per heavy atom. The summed E-state index contributed by atoms with van der Waals surface area (Å²) in [4.78, 5) is 4.45. The molecule has 1 aromatic heterocycles. The van der Waals surface area contributed by atoms with Gasteiger partial charge in [-0.2, -0.15) is 0 Å². The third-order valence-corrected chi connectivity index (χ3v) is 4.06. The average molecular weight is 383 g/mol. The van der Waals surface area contributed by atoms with E-state index in [1.165, 1.54) is 0 Å². The van der Waals surface area contributed by atoms with Crippen molar-refractivity contribution in [1.29, 1.82) is 0 Å². The van der Waals surface area contributed by atoms with Gasteiger partial charge >= 0.3 is 0 Å². The van der Waals surface area contributed by atoms with Crippen molar-refractivity contribution in [3.8, 4) is 11.6 Å². The first-order valence-corrected chi connectivity index (χ1v) is 7.95. The summed E-state index contributed by atoms with van der Waals surface area (Å²) in [6, 6.07) is 15.3. The first kappa shape index (κ1) is 14.6. The van der Waals surface area contributed by atoms with E-state index >= 15 is 0 Å². The van der Waals surface area contributed by atoms with Crippen molar-refractivity contribution in [2.24, 2.45) is 0 Å². The Morgan fingerprint density at radius 3 is 2.67 bits per heavy atom. The van der Waals surface area contributed by atoms with Crippen LogP contribution in [-0.4, -0.2) is 4.98 Å². The molecule has 3 aromatic rings. The van der Waals surface area contributed by atoms with E-state index in [1.807, 2.05) is 36.4 Å². The second kappa shape index (κ2) is 6.22. The van der Waals surface area contributed by atoms with Gasteiger partial charge in [-0.15, -0.1) is 11.6 Å². The van der Waals surface area contributed by atoms with Gasteiger partial charge in [-0.05, 0) is 35.7 Å². The fourth-order valence-electron chi connectivity index (χ4n) is 2.03. The molecule has 0 spiro atoms. The molecule has 0 fully saturated rings. The second-order valence-corrected chi connectivity index (χ2v) is 6.04. The molecule has 1 heterocycles. The normalized spacial score (nSPS) is 10.8. The predicted octanol–water partition coefficient (Wildman–Crippen LogP) is 6.18. The van der Waals surface area contributed by atoms with E-state index in [9.17, 15) is 0 Å². The van der Waals surface area contributed by atoms with Gasteiger partial charge in [0.05, 0.1) is 16.6 Å². The summed E-state index contributed by atoms with van der Waals surface area (Å²) in [5.41, 5.74) is 0.763. The molecule has 0 bridgehead atoms. The Balaban J connectivity index is 2.10. The maximum Gasteiger partial charge on any atom is 0.227 e. The largest absolute Gasteiger partial charge is 0.437 e. The highest BCUT2D eigenvalue weighted by atomic mass is 79.9. The van der Waals surface area contributed by atoms with Gasteiger partial charge in [-0.25, -0.2) is 4.98 Å². The lowest BCUT2D eigenvalue weighted by molar-refractivity contribution is 0.468. The van der Waals surface area contributed by atoms with Gasteiger partial charge in [-0.3, -0.25) is 0 Å². The topological polar surface area (TPSA) is 22.1 Å². The quantitative estimate of drug-likeness (QED) is 0.504. The lowest BCUT2D eigenvalue weighted by atomic mass is 10.1. The van der Waals surface area contributed by atoms with Crippen LogP contribution in [0.5, 0.6) is 11.6 Å². The molecule has 0 saturated heterocycles. The monoisotopic (exact) mass is 381 g/mol. The third kappa shape index (κ3) is 3.15. The summed E-state index contributed by atoms with van der Waals surface area (Å²) in [6.07, 6.45) is 0. The lowest BCUT2D eigenvalue weighted by Gasteiger charge is -2.11. The predicted molar refractivity (Wildman–Crippen MR) is 90.5 cm³/mol. The molecule has 3 rings (SSSR count). The van der Waals surface area contributed by atoms with Crippen molar-refractivity contribution in [3.05, 3.63) is 63.7 Å². The van der Waals surface area contributed by atoms with E-state index in [0.29, 0.717) is 22.5 Å². The van der Waals surface area contributed by atoms with Crippen molar-refractivity contribution in [2.75, 3.05) is 0 Å². The number of fused-ring (bicyclic) bond motifs is 1. The molecule has 0 aliphatic heterocycles. The van der Waals surface area contributed by atoms with Crippen molar-refractivity contribution < 1.29 is 4.74 Å². The van der Waals surface area contributed by atoms with Crippen molar-refractivity contribution in [1.82, 2.24) is 4.98 Å². The van der Waals surface area contributed by atoms with Crippen molar-refractivity contribution in [3.63, 3.8) is 0 Å². The Bertz CT molecular complexity index is 807. The zero-order valence-corrected chi connectivity index (χ0v) is 13.9. The molecule has 0 aliphatic carbocycles. The molecule has 0 radical (unpaired) electrons. The van der Waals surface area contributed by atoms with E-state index in [1.54, 1.807) is 12.1 Å². The van der Waals surface area contributed by atoms with Crippen LogP contribution in [0.4, 0.5) is 0 Å². The minimum Gasteiger partial charge on any atom is -0.437 e. The van der Waals surface area contributed by atoms with Gasteiger partial charge in [0.25, 0.3) is 0 Å². The fourth-order valence-corrected chi connectivity index (χ4v) is 2.88. The highest BCUT2D eigenvalue weighted by Crippen LogP contribution is 2.34. The first-order chi connectivity index (χ1) is 10.2. The summed E-state index contributed by atoms with van der Waals surface area (Å²) in [5.74, 6) is 1.40. The van der Waals surface area contributed by atoms with E-state index in [0.717, 1.165) is 20.9 Å². The van der Waals surface area contributed by atoms with Crippen LogP contribution in [0.2, 0.25) is 5.02 Å². The van der Waals surface area contributed by atoms with Crippen LogP contribution in [0.25, 0.3) is 10.8 Å². The molecule has 0 N–H and O–H groups in total. The van der Waals surface area contributed by atoms with Gasteiger partial charge in [0.1, 0.15) is 5.75 Å². The number of halogens is 3. The molecule has 0 atom stereocenters. The summed E-state index contributed by atoms with van der Waals surface area (Å²) in [5, 5.41) is 2.48. The maximum absolute atomic E-state index is 6.20. The zero-order valence-electron chi connectivity index (χ0n) is 10.8. The maximum atomic E-state index is 6.20. The number of aromatic nitrogens is 1. The molecule has 106 valence electrons. The SMILES string of the molecule is ClCc1cc2ccccc2c(Oc2ccc(Br)cc2Cl)n1. The molecule has 5 heteroatoms. The summed E-state index contributed by atoms with van der Waals surface area (Å²) < 4.78 is 6.79. The fraction of sp³-hybridized carbons (Fsp3) is 0.0625. The standard InChI is InChI=1S/C16H10BrCl2NO/c17-11-5-6-15(14(19)8-11)21-16-13-4-2-1-3-10(13)7-12(9-18)20-16/h1-8H,9H2. The number of hydrogen-bond acceptors (Lipinski definition) is 2. The number of benzene rings is 2. The number of rotatable bonds is 3. The van der Waals surface area contributed by atoms with Crippen molar-refractivity contribution in [2.45, 2.75) is 5.88 Å². The number of hydrogen-bond donors (Lipinski definition) is 0. The van der Waals surface area contributed by atoms with Gasteiger partial charge in [0, 0.05) is 9.86 Å². The molecule has 0 aliphatic rings. The van der Waals surface area contributed by atoms with Gasteiger partial charge < -0.3 is 4.74 Å². The highest BCUT2D eigenvalue weighted by molar-refractivity contribution is 9.10. The van der Waals surface area contributed by atoms with E-state index in [2.05, 4.69) is 20.9 Å². The molecule has 0 amide bonds. The first-order valence-electron chi connectivity index (χ1n) is 6.25. The number of ether oxygens (including phenoxy) is 1. The van der Waals surface area contributed by atoms with Gasteiger partial charge in [0.15, 0.2) is 0 Å². The molecule has 2 aromatic carbocycles. The van der Waals surface area contributed by atoms with Crippen LogP contribution in [-0.2, 0) is 5.88 Å². The van der Waals surface area contributed by atoms with Gasteiger partial charge in [0.2, 0.25) is 5.88 Å². The Hall–Kier alpha value is -1.29. The second-order valence-electron chi connectivity index (χ2n) is 4.45. The van der Waals surface area contributed by atoms with Crippen LogP contribution in [0.15, 0.2) is 53.0 Å². The molecular formula is C16H10BrCl2NO. The minimum atomic E-state index is 0.329. The summed E-state index contributed by atoms with van der Waals surface area (Å²) >= 11 is 15.5.